The van der Waals surface area contributed by atoms with Gasteiger partial charge in [-0.2, -0.15) is 4.98 Å². The molecule has 1 fully saturated rings. The van der Waals surface area contributed by atoms with Crippen molar-refractivity contribution in [2.75, 3.05) is 10.6 Å². The minimum atomic E-state index is 0.461. The molecule has 2 aromatic carbocycles. The van der Waals surface area contributed by atoms with Crippen LogP contribution in [-0.4, -0.2) is 16.0 Å². The number of nitrogens with zero attached hydrogens (tertiary/aromatic N) is 2. The first kappa shape index (κ1) is 18.3. The molecular weight excluding hydrogens is 379 g/mol. The number of nitrogens with one attached hydrogen (secondary N) is 2. The van der Waals surface area contributed by atoms with E-state index in [-0.39, 0.29) is 0 Å². The highest BCUT2D eigenvalue weighted by molar-refractivity contribution is 6.42. The maximum Gasteiger partial charge on any atom is 0.225 e. The van der Waals surface area contributed by atoms with Gasteiger partial charge in [-0.15, -0.1) is 0 Å². The van der Waals surface area contributed by atoms with Crippen LogP contribution in [0.2, 0.25) is 10.0 Å². The summed E-state index contributed by atoms with van der Waals surface area (Å²) in [5.41, 5.74) is 1.98. The van der Waals surface area contributed by atoms with E-state index in [1.54, 1.807) is 0 Å². The van der Waals surface area contributed by atoms with Crippen molar-refractivity contribution in [1.29, 1.82) is 0 Å². The summed E-state index contributed by atoms with van der Waals surface area (Å²) in [5.74, 6) is 1.52. The molecule has 0 bridgehead atoms. The standard InChI is InChI=1S/C21H22Cl2N4/c22-17-11-10-14(12-18(17)23)13-24-20-16-8-4-5-9-19(16)26-21(27-20)25-15-6-2-1-3-7-15/h4-5,8-12,15H,1-3,6-7,13H2,(H2,24,25,26,27). The molecule has 0 saturated heterocycles. The summed E-state index contributed by atoms with van der Waals surface area (Å²) in [7, 11) is 0. The van der Waals surface area contributed by atoms with Crippen molar-refractivity contribution < 1.29 is 0 Å². The van der Waals surface area contributed by atoms with Crippen molar-refractivity contribution in [3.63, 3.8) is 0 Å². The van der Waals surface area contributed by atoms with Gasteiger partial charge in [0.1, 0.15) is 5.82 Å². The number of fused-ring (bicyclic) bond motifs is 1. The van der Waals surface area contributed by atoms with E-state index in [1.165, 1.54) is 32.1 Å². The maximum atomic E-state index is 6.13. The Morgan fingerprint density at radius 1 is 0.926 bits per heavy atom. The smallest absolute Gasteiger partial charge is 0.225 e. The second-order valence-corrected chi connectivity index (χ2v) is 7.81. The molecule has 140 valence electrons. The van der Waals surface area contributed by atoms with Gasteiger partial charge in [0, 0.05) is 18.0 Å². The van der Waals surface area contributed by atoms with E-state index in [2.05, 4.69) is 10.6 Å². The molecule has 0 spiro atoms. The van der Waals surface area contributed by atoms with Crippen LogP contribution in [0.25, 0.3) is 10.9 Å². The lowest BCUT2D eigenvalue weighted by Gasteiger charge is -2.23. The molecule has 0 atom stereocenters. The number of hydrogen-bond donors (Lipinski definition) is 2. The average molecular weight is 401 g/mol. The van der Waals surface area contributed by atoms with Crippen molar-refractivity contribution in [2.45, 2.75) is 44.7 Å². The fourth-order valence-corrected chi connectivity index (χ4v) is 3.86. The molecule has 0 amide bonds. The van der Waals surface area contributed by atoms with E-state index in [9.17, 15) is 0 Å². The number of benzene rings is 2. The third-order valence-corrected chi connectivity index (χ3v) is 5.72. The van der Waals surface area contributed by atoms with Gasteiger partial charge in [0.25, 0.3) is 0 Å². The molecule has 27 heavy (non-hydrogen) atoms. The van der Waals surface area contributed by atoms with Gasteiger partial charge in [-0.1, -0.05) is 60.7 Å². The fraction of sp³-hybridized carbons (Fsp3) is 0.333. The van der Waals surface area contributed by atoms with Gasteiger partial charge in [-0.05, 0) is 42.7 Å². The van der Waals surface area contributed by atoms with Crippen molar-refractivity contribution in [1.82, 2.24) is 9.97 Å². The van der Waals surface area contributed by atoms with Crippen molar-refractivity contribution >= 4 is 45.9 Å². The average Bonchev–Trinajstić information content (AvgIpc) is 2.69. The van der Waals surface area contributed by atoms with Crippen LogP contribution in [0.1, 0.15) is 37.7 Å². The highest BCUT2D eigenvalue weighted by Gasteiger charge is 2.15. The number of rotatable bonds is 5. The maximum absolute atomic E-state index is 6.13. The van der Waals surface area contributed by atoms with Gasteiger partial charge in [0.15, 0.2) is 0 Å². The van der Waals surface area contributed by atoms with Crippen LogP contribution < -0.4 is 10.6 Å². The summed E-state index contributed by atoms with van der Waals surface area (Å²) in [6, 6.07) is 14.2. The zero-order valence-corrected chi connectivity index (χ0v) is 16.5. The van der Waals surface area contributed by atoms with Gasteiger partial charge in [-0.3, -0.25) is 0 Å². The van der Waals surface area contributed by atoms with Crippen molar-refractivity contribution in [3.8, 4) is 0 Å². The first-order chi connectivity index (χ1) is 13.2. The summed E-state index contributed by atoms with van der Waals surface area (Å²) in [6.07, 6.45) is 6.24. The molecule has 1 aliphatic carbocycles. The van der Waals surface area contributed by atoms with Gasteiger partial charge in [0.05, 0.1) is 15.6 Å². The molecule has 3 aromatic rings. The molecule has 1 heterocycles. The third kappa shape index (κ3) is 4.45. The zero-order valence-electron chi connectivity index (χ0n) is 15.0. The third-order valence-electron chi connectivity index (χ3n) is 4.99. The topological polar surface area (TPSA) is 49.8 Å². The van der Waals surface area contributed by atoms with Crippen LogP contribution in [0.5, 0.6) is 0 Å². The SMILES string of the molecule is Clc1ccc(CNc2nc(NC3CCCCC3)nc3ccccc23)cc1Cl. The number of hydrogen-bond acceptors (Lipinski definition) is 4. The van der Waals surface area contributed by atoms with Crippen LogP contribution >= 0.6 is 23.2 Å². The molecule has 0 radical (unpaired) electrons. The predicted octanol–water partition coefficient (Wildman–Crippen LogP) is 6.29. The molecule has 1 aliphatic rings. The molecular formula is C21H22Cl2N4. The Bertz CT molecular complexity index is 939. The quantitative estimate of drug-likeness (QED) is 0.527. The summed E-state index contributed by atoms with van der Waals surface area (Å²) < 4.78 is 0. The minimum Gasteiger partial charge on any atom is -0.365 e. The number of aromatic nitrogens is 2. The molecule has 2 N–H and O–H groups in total. The Kier molecular flexibility index (Phi) is 5.65. The van der Waals surface area contributed by atoms with Crippen LogP contribution in [0.4, 0.5) is 11.8 Å². The number of para-hydroxylation sites is 1. The van der Waals surface area contributed by atoms with E-state index in [1.807, 2.05) is 42.5 Å². The van der Waals surface area contributed by atoms with Gasteiger partial charge in [-0.25, -0.2) is 4.98 Å². The van der Waals surface area contributed by atoms with E-state index in [0.29, 0.717) is 28.6 Å². The van der Waals surface area contributed by atoms with Crippen molar-refractivity contribution in [2.24, 2.45) is 0 Å². The van der Waals surface area contributed by atoms with Gasteiger partial charge >= 0.3 is 0 Å². The Morgan fingerprint density at radius 2 is 1.74 bits per heavy atom. The first-order valence-corrected chi connectivity index (χ1v) is 10.2. The predicted molar refractivity (Wildman–Crippen MR) is 114 cm³/mol. The summed E-state index contributed by atoms with van der Waals surface area (Å²) in [5, 5.41) is 9.09. The molecule has 1 saturated carbocycles. The van der Waals surface area contributed by atoms with Crippen LogP contribution in [-0.2, 0) is 6.54 Å². The zero-order chi connectivity index (χ0) is 18.6. The second-order valence-electron chi connectivity index (χ2n) is 6.99. The Balaban J connectivity index is 1.58. The fourth-order valence-electron chi connectivity index (χ4n) is 3.54. The van der Waals surface area contributed by atoms with E-state index in [4.69, 9.17) is 33.2 Å². The molecule has 4 rings (SSSR count). The van der Waals surface area contributed by atoms with E-state index in [0.717, 1.165) is 22.3 Å². The monoisotopic (exact) mass is 400 g/mol. The minimum absolute atomic E-state index is 0.461. The number of halogens is 2. The lowest BCUT2D eigenvalue weighted by molar-refractivity contribution is 0.461. The summed E-state index contributed by atoms with van der Waals surface area (Å²) in [6.45, 7) is 0.612. The molecule has 1 aromatic heterocycles. The van der Waals surface area contributed by atoms with Crippen molar-refractivity contribution in [3.05, 3.63) is 58.1 Å². The Hall–Kier alpha value is -2.04. The molecule has 0 unspecified atom stereocenters. The van der Waals surface area contributed by atoms with Gasteiger partial charge < -0.3 is 10.6 Å². The van der Waals surface area contributed by atoms with Gasteiger partial charge in [0.2, 0.25) is 5.95 Å². The van der Waals surface area contributed by atoms with E-state index >= 15 is 0 Å². The van der Waals surface area contributed by atoms with Crippen LogP contribution in [0.15, 0.2) is 42.5 Å². The summed E-state index contributed by atoms with van der Waals surface area (Å²) >= 11 is 12.1. The normalized spacial score (nSPS) is 15.0. The highest BCUT2D eigenvalue weighted by Crippen LogP contribution is 2.26. The Labute approximate surface area is 169 Å². The molecule has 4 nitrogen and oxygen atoms in total. The van der Waals surface area contributed by atoms with E-state index < -0.39 is 0 Å². The molecule has 6 heteroatoms. The second kappa shape index (κ2) is 8.32. The Morgan fingerprint density at radius 3 is 2.56 bits per heavy atom. The first-order valence-electron chi connectivity index (χ1n) is 9.40. The largest absolute Gasteiger partial charge is 0.365 e. The molecule has 0 aliphatic heterocycles. The highest BCUT2D eigenvalue weighted by atomic mass is 35.5. The lowest BCUT2D eigenvalue weighted by atomic mass is 9.96. The van der Waals surface area contributed by atoms with Crippen LogP contribution in [0.3, 0.4) is 0 Å². The van der Waals surface area contributed by atoms with Crippen LogP contribution in [0, 0.1) is 0 Å². The summed E-state index contributed by atoms with van der Waals surface area (Å²) in [4.78, 5) is 9.47. The number of anilines is 2. The lowest BCUT2D eigenvalue weighted by Crippen LogP contribution is -2.23.